The first-order valence-electron chi connectivity index (χ1n) is 12.3. The van der Waals surface area contributed by atoms with E-state index in [4.69, 9.17) is 4.74 Å². The summed E-state index contributed by atoms with van der Waals surface area (Å²) in [5.74, 6) is 0.372. The Morgan fingerprint density at radius 2 is 1.46 bits per heavy atom. The standard InChI is InChI=1S/C28H37N3O4/c1-18(2)20(4)29-27(33)25(30-26(32)22-10-12-24(35-5)13-11-22)21-14-16-31(17-15-21)28(34)23-8-6-19(3)7-9-23/h6-13,18,20-21,25H,14-17H2,1-5H3,(H,29,33)(H,30,32)/t20-,25-/m0/s1. The van der Waals surface area contributed by atoms with Crippen LogP contribution in [0.4, 0.5) is 0 Å². The van der Waals surface area contributed by atoms with Gasteiger partial charge >= 0.3 is 0 Å². The smallest absolute Gasteiger partial charge is 0.253 e. The fraction of sp³-hybridized carbons (Fsp3) is 0.464. The van der Waals surface area contributed by atoms with Crippen molar-refractivity contribution in [3.63, 3.8) is 0 Å². The number of carbonyl (C=O) groups is 3. The van der Waals surface area contributed by atoms with Crippen molar-refractivity contribution in [2.45, 2.75) is 52.6 Å². The topological polar surface area (TPSA) is 87.7 Å². The highest BCUT2D eigenvalue weighted by atomic mass is 16.5. The number of rotatable bonds is 8. The van der Waals surface area contributed by atoms with Crippen molar-refractivity contribution in [2.24, 2.45) is 11.8 Å². The van der Waals surface area contributed by atoms with Crippen molar-refractivity contribution < 1.29 is 19.1 Å². The minimum absolute atomic E-state index is 0.000139. The van der Waals surface area contributed by atoms with Crippen LogP contribution < -0.4 is 15.4 Å². The van der Waals surface area contributed by atoms with Gasteiger partial charge in [-0.05, 0) is 74.9 Å². The number of hydrogen-bond donors (Lipinski definition) is 2. The molecule has 2 atom stereocenters. The third-order valence-electron chi connectivity index (χ3n) is 6.89. The number of hydrogen-bond acceptors (Lipinski definition) is 4. The molecule has 0 radical (unpaired) electrons. The first-order valence-corrected chi connectivity index (χ1v) is 12.3. The number of nitrogens with zero attached hydrogens (tertiary/aromatic N) is 1. The van der Waals surface area contributed by atoms with Crippen molar-refractivity contribution in [3.05, 3.63) is 65.2 Å². The molecule has 0 unspecified atom stereocenters. The van der Waals surface area contributed by atoms with E-state index in [0.29, 0.717) is 42.8 Å². The molecule has 188 valence electrons. The number of aryl methyl sites for hydroxylation is 1. The summed E-state index contributed by atoms with van der Waals surface area (Å²) >= 11 is 0. The van der Waals surface area contributed by atoms with Gasteiger partial charge in [-0.1, -0.05) is 31.5 Å². The van der Waals surface area contributed by atoms with Crippen molar-refractivity contribution in [1.82, 2.24) is 15.5 Å². The Morgan fingerprint density at radius 1 is 0.886 bits per heavy atom. The van der Waals surface area contributed by atoms with Gasteiger partial charge in [0.05, 0.1) is 7.11 Å². The number of likely N-dealkylation sites (tertiary alicyclic amines) is 1. The molecule has 0 saturated carbocycles. The monoisotopic (exact) mass is 479 g/mol. The molecule has 7 nitrogen and oxygen atoms in total. The normalized spacial score (nSPS) is 15.9. The number of piperidine rings is 1. The summed E-state index contributed by atoms with van der Waals surface area (Å²) in [4.78, 5) is 41.0. The summed E-state index contributed by atoms with van der Waals surface area (Å²) < 4.78 is 5.17. The summed E-state index contributed by atoms with van der Waals surface area (Å²) in [6.45, 7) is 9.13. The van der Waals surface area contributed by atoms with Gasteiger partial charge in [0.15, 0.2) is 0 Å². The second-order valence-electron chi connectivity index (χ2n) is 9.72. The molecule has 2 aromatic carbocycles. The average molecular weight is 480 g/mol. The molecule has 0 aliphatic carbocycles. The maximum atomic E-state index is 13.3. The van der Waals surface area contributed by atoms with Crippen LogP contribution in [0, 0.1) is 18.8 Å². The lowest BCUT2D eigenvalue weighted by atomic mass is 9.87. The van der Waals surface area contributed by atoms with Gasteiger partial charge < -0.3 is 20.3 Å². The predicted molar refractivity (Wildman–Crippen MR) is 136 cm³/mol. The number of methoxy groups -OCH3 is 1. The van der Waals surface area contributed by atoms with E-state index in [-0.39, 0.29) is 35.6 Å². The van der Waals surface area contributed by atoms with Crippen LogP contribution in [0.3, 0.4) is 0 Å². The van der Waals surface area contributed by atoms with E-state index >= 15 is 0 Å². The molecule has 1 aliphatic rings. The van der Waals surface area contributed by atoms with Crippen molar-refractivity contribution in [3.8, 4) is 5.75 Å². The number of ether oxygens (including phenoxy) is 1. The summed E-state index contributed by atoms with van der Waals surface area (Å²) in [6.07, 6.45) is 1.27. The van der Waals surface area contributed by atoms with Gasteiger partial charge in [0.25, 0.3) is 11.8 Å². The third kappa shape index (κ3) is 6.84. The number of amides is 3. The quantitative estimate of drug-likeness (QED) is 0.603. The van der Waals surface area contributed by atoms with Crippen LogP contribution in [0.2, 0.25) is 0 Å². The van der Waals surface area contributed by atoms with E-state index in [0.717, 1.165) is 5.56 Å². The van der Waals surface area contributed by atoms with Crippen LogP contribution in [0.1, 0.15) is 59.9 Å². The molecule has 1 heterocycles. The fourth-order valence-electron chi connectivity index (χ4n) is 4.16. The largest absolute Gasteiger partial charge is 0.497 e. The zero-order valence-corrected chi connectivity index (χ0v) is 21.3. The highest BCUT2D eigenvalue weighted by Crippen LogP contribution is 2.24. The summed E-state index contributed by atoms with van der Waals surface area (Å²) in [5.41, 5.74) is 2.24. The lowest BCUT2D eigenvalue weighted by Gasteiger charge is -2.36. The molecule has 0 spiro atoms. The number of carbonyl (C=O) groups excluding carboxylic acids is 3. The molecule has 2 aromatic rings. The maximum Gasteiger partial charge on any atom is 0.253 e. The highest BCUT2D eigenvalue weighted by molar-refractivity contribution is 5.98. The van der Waals surface area contributed by atoms with Crippen LogP contribution in [0.15, 0.2) is 48.5 Å². The van der Waals surface area contributed by atoms with E-state index < -0.39 is 6.04 Å². The molecule has 1 fully saturated rings. The van der Waals surface area contributed by atoms with E-state index in [2.05, 4.69) is 10.6 Å². The highest BCUT2D eigenvalue weighted by Gasteiger charge is 2.35. The Hall–Kier alpha value is -3.35. The van der Waals surface area contributed by atoms with Crippen LogP contribution in [-0.4, -0.2) is 54.9 Å². The zero-order chi connectivity index (χ0) is 25.5. The van der Waals surface area contributed by atoms with Crippen LogP contribution in [0.5, 0.6) is 5.75 Å². The Labute approximate surface area is 208 Å². The maximum absolute atomic E-state index is 13.3. The van der Waals surface area contributed by atoms with Gasteiger partial charge in [-0.25, -0.2) is 0 Å². The summed E-state index contributed by atoms with van der Waals surface area (Å²) in [6, 6.07) is 13.7. The van der Waals surface area contributed by atoms with Crippen molar-refractivity contribution in [2.75, 3.05) is 20.2 Å². The lowest BCUT2D eigenvalue weighted by molar-refractivity contribution is -0.125. The Morgan fingerprint density at radius 3 is 2.00 bits per heavy atom. The van der Waals surface area contributed by atoms with Gasteiger partial charge in [-0.15, -0.1) is 0 Å². The van der Waals surface area contributed by atoms with Gasteiger partial charge in [-0.2, -0.15) is 0 Å². The Bertz CT molecular complexity index is 1010. The predicted octanol–water partition coefficient (Wildman–Crippen LogP) is 3.82. The molecule has 0 bridgehead atoms. The first kappa shape index (κ1) is 26.3. The molecular formula is C28H37N3O4. The van der Waals surface area contributed by atoms with E-state index in [1.165, 1.54) is 0 Å². The minimum atomic E-state index is -0.678. The SMILES string of the molecule is COc1ccc(C(=O)N[C@H](C(=O)N[C@@H](C)C(C)C)C2CCN(C(=O)c3ccc(C)cc3)CC2)cc1. The van der Waals surface area contributed by atoms with E-state index in [1.54, 1.807) is 31.4 Å². The number of benzene rings is 2. The summed E-state index contributed by atoms with van der Waals surface area (Å²) in [7, 11) is 1.57. The van der Waals surface area contributed by atoms with Gasteiger partial charge in [0, 0.05) is 30.3 Å². The molecule has 1 saturated heterocycles. The molecule has 35 heavy (non-hydrogen) atoms. The van der Waals surface area contributed by atoms with E-state index in [9.17, 15) is 14.4 Å². The Balaban J connectivity index is 1.71. The second kappa shape index (κ2) is 11.9. The van der Waals surface area contributed by atoms with Gasteiger partial charge in [-0.3, -0.25) is 14.4 Å². The first-order chi connectivity index (χ1) is 16.7. The second-order valence-corrected chi connectivity index (χ2v) is 9.72. The molecular weight excluding hydrogens is 442 g/mol. The van der Waals surface area contributed by atoms with Crippen molar-refractivity contribution >= 4 is 17.7 Å². The fourth-order valence-corrected chi connectivity index (χ4v) is 4.16. The lowest BCUT2D eigenvalue weighted by Crippen LogP contribution is -2.55. The number of nitrogens with one attached hydrogen (secondary N) is 2. The van der Waals surface area contributed by atoms with Gasteiger partial charge in [0.2, 0.25) is 5.91 Å². The molecule has 0 aromatic heterocycles. The molecule has 7 heteroatoms. The van der Waals surface area contributed by atoms with Crippen LogP contribution in [-0.2, 0) is 4.79 Å². The minimum Gasteiger partial charge on any atom is -0.497 e. The molecule has 1 aliphatic heterocycles. The molecule has 3 amide bonds. The Kier molecular flexibility index (Phi) is 8.90. The molecule has 3 rings (SSSR count). The molecule has 2 N–H and O–H groups in total. The summed E-state index contributed by atoms with van der Waals surface area (Å²) in [5, 5.41) is 6.03. The van der Waals surface area contributed by atoms with Gasteiger partial charge in [0.1, 0.15) is 11.8 Å². The third-order valence-corrected chi connectivity index (χ3v) is 6.89. The van der Waals surface area contributed by atoms with E-state index in [1.807, 2.05) is 56.9 Å². The van der Waals surface area contributed by atoms with Crippen LogP contribution in [0.25, 0.3) is 0 Å². The van der Waals surface area contributed by atoms with Crippen LogP contribution >= 0.6 is 0 Å². The average Bonchev–Trinajstić information content (AvgIpc) is 2.87. The zero-order valence-electron chi connectivity index (χ0n) is 21.3. The van der Waals surface area contributed by atoms with Crippen molar-refractivity contribution in [1.29, 1.82) is 0 Å².